The molecule has 12 heavy (non-hydrogen) atoms. The lowest BCUT2D eigenvalue weighted by Gasteiger charge is -1.98. The van der Waals surface area contributed by atoms with E-state index in [-0.39, 0.29) is 0 Å². The van der Waals surface area contributed by atoms with Crippen molar-refractivity contribution in [3.05, 3.63) is 30.3 Å². The fourth-order valence-corrected chi connectivity index (χ4v) is 0.326. The molecule has 0 rings (SSSR count). The average Bonchev–Trinajstić information content (AvgIpc) is 1.84. The van der Waals surface area contributed by atoms with Gasteiger partial charge in [0.25, 0.3) is 5.09 Å². The predicted molar refractivity (Wildman–Crippen MR) is 30.7 cm³/mol. The summed E-state index contributed by atoms with van der Waals surface area (Å²) in [5.74, 6) is 0. The number of nitro groups is 2. The van der Waals surface area contributed by atoms with E-state index in [1.807, 2.05) is 0 Å². The summed E-state index contributed by atoms with van der Waals surface area (Å²) < 4.78 is 0. The van der Waals surface area contributed by atoms with Crippen molar-refractivity contribution >= 4 is 0 Å². The van der Waals surface area contributed by atoms with Crippen LogP contribution in [0.25, 0.3) is 0 Å². The van der Waals surface area contributed by atoms with Gasteiger partial charge in [0.05, 0.1) is 9.85 Å². The molecule has 0 heterocycles. The molecule has 0 unspecified atom stereocenters. The van der Waals surface area contributed by atoms with Crippen molar-refractivity contribution in [1.82, 2.24) is 0 Å². The van der Waals surface area contributed by atoms with E-state index in [1.54, 1.807) is 0 Å². The summed E-state index contributed by atoms with van der Waals surface area (Å²) in [5, 5.41) is 27.8. The Morgan fingerprint density at radius 1 is 1.08 bits per heavy atom. The molecule has 0 spiro atoms. The second-order valence-corrected chi connectivity index (χ2v) is 1.57. The summed E-state index contributed by atoms with van der Waals surface area (Å²) in [4.78, 5) is 30.0. The van der Waals surface area contributed by atoms with E-state index in [1.165, 1.54) is 0 Å². The van der Waals surface area contributed by atoms with Crippen LogP contribution in [0.15, 0.2) is 0 Å². The number of hydrogen-bond acceptors (Lipinski definition) is 7. The third kappa shape index (κ3) is 3.24. The van der Waals surface area contributed by atoms with Crippen molar-refractivity contribution in [2.24, 2.45) is 0 Å². The molecule has 0 saturated carbocycles. The predicted octanol–water partition coefficient (Wildman–Crippen LogP) is -0.926. The van der Waals surface area contributed by atoms with Gasteiger partial charge in [0, 0.05) is 0 Å². The average molecular weight is 181 g/mol. The van der Waals surface area contributed by atoms with Crippen LogP contribution in [0.4, 0.5) is 0 Å². The maximum absolute atomic E-state index is 9.81. The Labute approximate surface area is 64.1 Å². The van der Waals surface area contributed by atoms with Crippen LogP contribution in [-0.2, 0) is 4.84 Å². The van der Waals surface area contributed by atoms with Gasteiger partial charge >= 0.3 is 6.17 Å². The van der Waals surface area contributed by atoms with Gasteiger partial charge in [-0.15, -0.1) is 10.1 Å². The highest BCUT2D eigenvalue weighted by Crippen LogP contribution is 1.92. The van der Waals surface area contributed by atoms with Crippen molar-refractivity contribution in [3.63, 3.8) is 0 Å². The zero-order valence-electron chi connectivity index (χ0n) is 5.48. The molecule has 0 amide bonds. The molecule has 0 radical (unpaired) electrons. The second-order valence-electron chi connectivity index (χ2n) is 1.57. The molecule has 0 fully saturated rings. The molecule has 0 aromatic rings. The molecule has 0 aromatic heterocycles. The van der Waals surface area contributed by atoms with Gasteiger partial charge in [-0.2, -0.15) is 0 Å². The van der Waals surface area contributed by atoms with Gasteiger partial charge in [0.15, 0.2) is 0 Å². The lowest BCUT2D eigenvalue weighted by molar-refractivity contribution is -0.803. The minimum absolute atomic E-state index is 1.19. The van der Waals surface area contributed by atoms with Gasteiger partial charge in [-0.3, -0.25) is 25.1 Å². The summed E-state index contributed by atoms with van der Waals surface area (Å²) in [7, 11) is 0. The fraction of sp³-hybridized carbons (Fsp3) is 1.00. The Balaban J connectivity index is 4.06. The van der Waals surface area contributed by atoms with Crippen LogP contribution in [0.3, 0.4) is 0 Å². The summed E-state index contributed by atoms with van der Waals surface area (Å²) in [6.45, 7) is -1.19. The van der Waals surface area contributed by atoms with Crippen molar-refractivity contribution in [2.75, 3.05) is 6.61 Å². The van der Waals surface area contributed by atoms with Crippen molar-refractivity contribution < 1.29 is 19.8 Å². The number of nitrogens with zero attached hydrogens (tertiary/aromatic N) is 3. The van der Waals surface area contributed by atoms with E-state index >= 15 is 0 Å². The number of rotatable bonds is 5. The third-order valence-corrected chi connectivity index (χ3v) is 0.816. The van der Waals surface area contributed by atoms with Crippen LogP contribution >= 0.6 is 0 Å². The highest BCUT2D eigenvalue weighted by Gasteiger charge is 2.33. The van der Waals surface area contributed by atoms with Gasteiger partial charge < -0.3 is 0 Å². The highest BCUT2D eigenvalue weighted by molar-refractivity contribution is 4.34. The summed E-state index contributed by atoms with van der Waals surface area (Å²) in [5.41, 5.74) is 0. The SMILES string of the molecule is O=[N+]([O-])OCC([N+](=O)[O-])[N+](=O)[O-]. The van der Waals surface area contributed by atoms with Crippen LogP contribution in [0, 0.1) is 30.3 Å². The first-order chi connectivity index (χ1) is 5.45. The van der Waals surface area contributed by atoms with E-state index < -0.39 is 27.7 Å². The zero-order chi connectivity index (χ0) is 9.72. The van der Waals surface area contributed by atoms with Gasteiger partial charge in [0.1, 0.15) is 0 Å². The lowest BCUT2D eigenvalue weighted by Crippen LogP contribution is -2.34. The van der Waals surface area contributed by atoms with E-state index in [0.717, 1.165) is 0 Å². The first-order valence-electron chi connectivity index (χ1n) is 2.49. The molecule has 0 atom stereocenters. The molecule has 0 saturated heterocycles. The van der Waals surface area contributed by atoms with Crippen LogP contribution in [0.2, 0.25) is 0 Å². The summed E-state index contributed by atoms with van der Waals surface area (Å²) in [6, 6.07) is 0. The Morgan fingerprint density at radius 2 is 1.50 bits per heavy atom. The maximum atomic E-state index is 9.81. The van der Waals surface area contributed by atoms with Gasteiger partial charge in [-0.05, 0) is 0 Å². The Kier molecular flexibility index (Phi) is 3.33. The van der Waals surface area contributed by atoms with Gasteiger partial charge in [-0.25, -0.2) is 0 Å². The molecule has 0 aliphatic carbocycles. The minimum atomic E-state index is -2.30. The first kappa shape index (κ1) is 10.0. The third-order valence-electron chi connectivity index (χ3n) is 0.816. The van der Waals surface area contributed by atoms with Gasteiger partial charge in [0.2, 0.25) is 6.61 Å². The Bertz CT molecular complexity index is 199. The lowest BCUT2D eigenvalue weighted by atomic mass is 10.6. The molecular formula is C2H3N3O7. The zero-order valence-corrected chi connectivity index (χ0v) is 5.48. The van der Waals surface area contributed by atoms with Crippen LogP contribution in [0.5, 0.6) is 0 Å². The monoisotopic (exact) mass is 181 g/mol. The van der Waals surface area contributed by atoms with Crippen LogP contribution < -0.4 is 0 Å². The van der Waals surface area contributed by atoms with E-state index in [0.29, 0.717) is 0 Å². The molecule has 0 aliphatic rings. The molecule has 0 N–H and O–H groups in total. The second kappa shape index (κ2) is 4.00. The van der Waals surface area contributed by atoms with Crippen LogP contribution in [0.1, 0.15) is 0 Å². The topological polar surface area (TPSA) is 139 Å². The Morgan fingerprint density at radius 3 is 1.75 bits per heavy atom. The molecule has 10 nitrogen and oxygen atoms in total. The standard InChI is InChI=1S/C2H3N3O7/c6-3(7)2(4(8)9)1-12-5(10)11/h2H,1H2. The molecule has 0 bridgehead atoms. The smallest absolute Gasteiger partial charge is 0.298 e. The normalized spacial score (nSPS) is 9.42. The molecule has 0 aliphatic heterocycles. The van der Waals surface area contributed by atoms with Crippen molar-refractivity contribution in [1.29, 1.82) is 0 Å². The number of hydrogen-bond donors (Lipinski definition) is 0. The van der Waals surface area contributed by atoms with E-state index in [9.17, 15) is 30.3 Å². The largest absolute Gasteiger partial charge is 0.473 e. The quantitative estimate of drug-likeness (QED) is 0.303. The molecule has 0 aromatic carbocycles. The molecule has 68 valence electrons. The van der Waals surface area contributed by atoms with E-state index in [2.05, 4.69) is 4.84 Å². The minimum Gasteiger partial charge on any atom is -0.298 e. The molecule has 10 heteroatoms. The maximum Gasteiger partial charge on any atom is 0.473 e. The highest BCUT2D eigenvalue weighted by atomic mass is 17.0. The summed E-state index contributed by atoms with van der Waals surface area (Å²) >= 11 is 0. The van der Waals surface area contributed by atoms with E-state index in [4.69, 9.17) is 0 Å². The first-order valence-corrected chi connectivity index (χ1v) is 2.49. The fourth-order valence-electron chi connectivity index (χ4n) is 0.326. The van der Waals surface area contributed by atoms with Crippen LogP contribution in [-0.4, -0.2) is 27.7 Å². The van der Waals surface area contributed by atoms with Gasteiger partial charge in [-0.1, -0.05) is 0 Å². The van der Waals surface area contributed by atoms with Crippen molar-refractivity contribution in [3.8, 4) is 0 Å². The summed E-state index contributed by atoms with van der Waals surface area (Å²) in [6.07, 6.45) is -2.30. The molecular weight excluding hydrogens is 178 g/mol. The van der Waals surface area contributed by atoms with Crippen molar-refractivity contribution in [2.45, 2.75) is 6.17 Å². The Hall–Kier alpha value is -2.00.